The number of nitrogens with one attached hydrogen (secondary N) is 1. The topological polar surface area (TPSA) is 60.7 Å². The summed E-state index contributed by atoms with van der Waals surface area (Å²) >= 11 is 0. The maximum absolute atomic E-state index is 11.0. The zero-order valence-corrected chi connectivity index (χ0v) is 12.2. The van der Waals surface area contributed by atoms with Crippen LogP contribution in [0.25, 0.3) is 0 Å². The average molecular weight is 289 g/mol. The molecule has 2 rings (SSSR count). The second-order valence-corrected chi connectivity index (χ2v) is 4.46. The minimum Gasteiger partial charge on any atom is -0.482 e. The number of aryl methyl sites for hydroxylation is 1. The molecule has 5 heteroatoms. The van der Waals surface area contributed by atoms with Crippen LogP contribution in [-0.2, 0) is 22.5 Å². The summed E-state index contributed by atoms with van der Waals surface area (Å²) < 4.78 is 15.4. The first-order chi connectivity index (χ1) is 10.2. The van der Waals surface area contributed by atoms with Crippen LogP contribution < -0.4 is 10.1 Å². The number of ether oxygens (including phenoxy) is 2. The molecule has 0 aliphatic carbocycles. The molecule has 0 unspecified atom stereocenters. The normalized spacial score (nSPS) is 10.2. The fourth-order valence-electron chi connectivity index (χ4n) is 1.77. The zero-order chi connectivity index (χ0) is 15.1. The maximum atomic E-state index is 11.0. The van der Waals surface area contributed by atoms with Crippen molar-refractivity contribution >= 4 is 11.7 Å². The lowest BCUT2D eigenvalue weighted by atomic mass is 10.3. The van der Waals surface area contributed by atoms with Crippen LogP contribution in [0.5, 0.6) is 5.75 Å². The van der Waals surface area contributed by atoms with Gasteiger partial charge in [-0.25, -0.2) is 4.79 Å². The molecule has 0 amide bonds. The first kappa shape index (κ1) is 15.0. The van der Waals surface area contributed by atoms with E-state index in [9.17, 15) is 4.79 Å². The number of anilines is 1. The molecule has 5 nitrogen and oxygen atoms in total. The van der Waals surface area contributed by atoms with E-state index in [1.807, 2.05) is 24.3 Å². The van der Waals surface area contributed by atoms with Crippen molar-refractivity contribution < 1.29 is 18.7 Å². The third kappa shape index (κ3) is 4.56. The lowest BCUT2D eigenvalue weighted by Gasteiger charge is -2.07. The van der Waals surface area contributed by atoms with Gasteiger partial charge in [0.25, 0.3) is 0 Å². The van der Waals surface area contributed by atoms with Gasteiger partial charge in [-0.2, -0.15) is 0 Å². The summed E-state index contributed by atoms with van der Waals surface area (Å²) in [6.45, 7) is 2.60. The third-order valence-electron chi connectivity index (χ3n) is 2.97. The number of furan rings is 1. The number of hydrogen-bond acceptors (Lipinski definition) is 5. The molecule has 0 saturated heterocycles. The summed E-state index contributed by atoms with van der Waals surface area (Å²) in [7, 11) is 1.33. The zero-order valence-electron chi connectivity index (χ0n) is 12.2. The highest BCUT2D eigenvalue weighted by Crippen LogP contribution is 2.17. The van der Waals surface area contributed by atoms with Gasteiger partial charge in [0, 0.05) is 12.1 Å². The fourth-order valence-corrected chi connectivity index (χ4v) is 1.77. The molecule has 0 aliphatic rings. The Morgan fingerprint density at radius 3 is 2.48 bits per heavy atom. The van der Waals surface area contributed by atoms with Crippen LogP contribution in [0.2, 0.25) is 0 Å². The minimum absolute atomic E-state index is 0.0878. The summed E-state index contributed by atoms with van der Waals surface area (Å²) in [5, 5.41) is 3.26. The van der Waals surface area contributed by atoms with E-state index < -0.39 is 5.97 Å². The van der Waals surface area contributed by atoms with Gasteiger partial charge in [-0.05, 0) is 36.4 Å². The number of rotatable bonds is 7. The fraction of sp³-hybridized carbons (Fsp3) is 0.312. The Labute approximate surface area is 123 Å². The average Bonchev–Trinajstić information content (AvgIpc) is 2.99. The molecule has 112 valence electrons. The molecule has 0 bridgehead atoms. The van der Waals surface area contributed by atoms with E-state index in [0.717, 1.165) is 23.6 Å². The first-order valence-corrected chi connectivity index (χ1v) is 6.82. The Kier molecular flexibility index (Phi) is 5.26. The van der Waals surface area contributed by atoms with E-state index in [4.69, 9.17) is 9.15 Å². The molecular weight excluding hydrogens is 270 g/mol. The number of methoxy groups -OCH3 is 1. The Hall–Kier alpha value is -2.43. The van der Waals surface area contributed by atoms with Crippen LogP contribution in [0, 0.1) is 0 Å². The van der Waals surface area contributed by atoms with Crippen LogP contribution in [0.1, 0.15) is 18.4 Å². The van der Waals surface area contributed by atoms with Gasteiger partial charge in [0.1, 0.15) is 17.3 Å². The van der Waals surface area contributed by atoms with Gasteiger partial charge in [-0.15, -0.1) is 0 Å². The van der Waals surface area contributed by atoms with Crippen molar-refractivity contribution in [2.45, 2.75) is 19.9 Å². The molecule has 2 aromatic rings. The van der Waals surface area contributed by atoms with Gasteiger partial charge in [0.05, 0.1) is 13.7 Å². The molecule has 0 saturated carbocycles. The van der Waals surface area contributed by atoms with Crippen LogP contribution in [0.4, 0.5) is 5.69 Å². The predicted octanol–water partition coefficient (Wildman–Crippen LogP) is 3.01. The van der Waals surface area contributed by atoms with Crippen molar-refractivity contribution in [3.05, 3.63) is 47.9 Å². The second kappa shape index (κ2) is 7.38. The Balaban J connectivity index is 1.83. The highest BCUT2D eigenvalue weighted by atomic mass is 16.6. The van der Waals surface area contributed by atoms with Crippen LogP contribution in [0.15, 0.2) is 40.8 Å². The molecule has 0 fully saturated rings. The minimum atomic E-state index is -0.401. The number of carbonyl (C=O) groups excluding carboxylic acids is 1. The van der Waals surface area contributed by atoms with Crippen LogP contribution in [0.3, 0.4) is 0 Å². The molecular formula is C16H19NO4. The van der Waals surface area contributed by atoms with Gasteiger partial charge in [-0.1, -0.05) is 6.92 Å². The smallest absolute Gasteiger partial charge is 0.343 e. The molecule has 0 atom stereocenters. The molecule has 21 heavy (non-hydrogen) atoms. The van der Waals surface area contributed by atoms with E-state index in [2.05, 4.69) is 17.0 Å². The summed E-state index contributed by atoms with van der Waals surface area (Å²) in [6.07, 6.45) is 0.895. The SMILES string of the molecule is CCc1ccc(CNc2ccc(OCC(=O)OC)cc2)o1. The van der Waals surface area contributed by atoms with E-state index in [-0.39, 0.29) is 6.61 Å². The molecule has 1 N–H and O–H groups in total. The molecule has 0 spiro atoms. The quantitative estimate of drug-likeness (QED) is 0.794. The van der Waals surface area contributed by atoms with Gasteiger partial charge in [0.2, 0.25) is 0 Å². The van der Waals surface area contributed by atoms with E-state index >= 15 is 0 Å². The number of hydrogen-bond donors (Lipinski definition) is 1. The molecule has 0 radical (unpaired) electrons. The van der Waals surface area contributed by atoms with Crippen LogP contribution >= 0.6 is 0 Å². The van der Waals surface area contributed by atoms with E-state index in [1.165, 1.54) is 7.11 Å². The van der Waals surface area contributed by atoms with Crippen molar-refractivity contribution in [2.24, 2.45) is 0 Å². The van der Waals surface area contributed by atoms with Crippen molar-refractivity contribution in [3.8, 4) is 5.75 Å². The van der Waals surface area contributed by atoms with E-state index in [0.29, 0.717) is 12.3 Å². The van der Waals surface area contributed by atoms with E-state index in [1.54, 1.807) is 12.1 Å². The largest absolute Gasteiger partial charge is 0.482 e. The lowest BCUT2D eigenvalue weighted by Crippen LogP contribution is -2.12. The molecule has 1 aromatic carbocycles. The Bertz CT molecular complexity index is 574. The van der Waals surface area contributed by atoms with Gasteiger partial charge in [-0.3, -0.25) is 0 Å². The summed E-state index contributed by atoms with van der Waals surface area (Å²) in [4.78, 5) is 11.0. The van der Waals surface area contributed by atoms with Crippen molar-refractivity contribution in [2.75, 3.05) is 19.0 Å². The number of esters is 1. The Morgan fingerprint density at radius 2 is 1.86 bits per heavy atom. The number of benzene rings is 1. The lowest BCUT2D eigenvalue weighted by molar-refractivity contribution is -0.142. The standard InChI is InChI=1S/C16H19NO4/c1-3-13-8-9-15(21-13)10-17-12-4-6-14(7-5-12)20-11-16(18)19-2/h4-9,17H,3,10-11H2,1-2H3. The third-order valence-corrected chi connectivity index (χ3v) is 2.97. The monoisotopic (exact) mass is 289 g/mol. The Morgan fingerprint density at radius 1 is 1.14 bits per heavy atom. The van der Waals surface area contributed by atoms with Gasteiger partial charge < -0.3 is 19.2 Å². The van der Waals surface area contributed by atoms with Crippen molar-refractivity contribution in [1.29, 1.82) is 0 Å². The van der Waals surface area contributed by atoms with Gasteiger partial charge in [0.15, 0.2) is 6.61 Å². The maximum Gasteiger partial charge on any atom is 0.343 e. The molecule has 0 aliphatic heterocycles. The highest BCUT2D eigenvalue weighted by Gasteiger charge is 2.03. The van der Waals surface area contributed by atoms with Crippen molar-refractivity contribution in [1.82, 2.24) is 0 Å². The molecule has 1 aromatic heterocycles. The first-order valence-electron chi connectivity index (χ1n) is 6.82. The van der Waals surface area contributed by atoms with Gasteiger partial charge >= 0.3 is 5.97 Å². The highest BCUT2D eigenvalue weighted by molar-refractivity contribution is 5.70. The number of carbonyl (C=O) groups is 1. The predicted molar refractivity (Wildman–Crippen MR) is 79.4 cm³/mol. The van der Waals surface area contributed by atoms with Crippen LogP contribution in [-0.4, -0.2) is 19.7 Å². The molecule has 1 heterocycles. The summed E-state index contributed by atoms with van der Waals surface area (Å²) in [6, 6.07) is 11.3. The summed E-state index contributed by atoms with van der Waals surface area (Å²) in [5.41, 5.74) is 0.954. The van der Waals surface area contributed by atoms with Crippen molar-refractivity contribution in [3.63, 3.8) is 0 Å². The second-order valence-electron chi connectivity index (χ2n) is 4.46. The summed E-state index contributed by atoms with van der Waals surface area (Å²) in [5.74, 6) is 2.11.